The minimum Gasteiger partial charge on any atom is -0.465 e. The van der Waals surface area contributed by atoms with Gasteiger partial charge in [0.1, 0.15) is 16.4 Å². The van der Waals surface area contributed by atoms with Crippen LogP contribution in [-0.4, -0.2) is 28.2 Å². The lowest BCUT2D eigenvalue weighted by atomic mass is 10.2. The Kier molecular flexibility index (Phi) is 4.85. The molecule has 0 radical (unpaired) electrons. The van der Waals surface area contributed by atoms with Crippen LogP contribution in [0.4, 0.5) is 0 Å². The van der Waals surface area contributed by atoms with Gasteiger partial charge in [-0.25, -0.2) is 13.1 Å². The van der Waals surface area contributed by atoms with Crippen molar-refractivity contribution < 1.29 is 17.6 Å². The van der Waals surface area contributed by atoms with E-state index in [1.165, 1.54) is 12.8 Å². The standard InChI is InChI=1S/C13H22N2O4S/c1-9-12(7-14)13(10(2)19-9)20(16,17)15-5-6-18-8-11-3-4-11/h11,15H,3-8,14H2,1-2H3. The zero-order valence-corrected chi connectivity index (χ0v) is 12.8. The van der Waals surface area contributed by atoms with E-state index in [0.29, 0.717) is 29.6 Å². The molecule has 0 bridgehead atoms. The summed E-state index contributed by atoms with van der Waals surface area (Å²) >= 11 is 0. The van der Waals surface area contributed by atoms with E-state index in [-0.39, 0.29) is 18.0 Å². The van der Waals surface area contributed by atoms with Gasteiger partial charge in [0.2, 0.25) is 10.0 Å². The number of sulfonamides is 1. The summed E-state index contributed by atoms with van der Waals surface area (Å²) in [7, 11) is -3.60. The lowest BCUT2D eigenvalue weighted by Crippen LogP contribution is -2.29. The number of hydrogen-bond donors (Lipinski definition) is 2. The number of aryl methyl sites for hydroxylation is 2. The summed E-state index contributed by atoms with van der Waals surface area (Å²) in [5.41, 5.74) is 6.14. The molecule has 114 valence electrons. The van der Waals surface area contributed by atoms with E-state index in [0.717, 1.165) is 6.61 Å². The molecule has 0 aromatic carbocycles. The van der Waals surface area contributed by atoms with Crippen molar-refractivity contribution in [2.24, 2.45) is 11.7 Å². The lowest BCUT2D eigenvalue weighted by molar-refractivity contribution is 0.129. The molecule has 1 aromatic rings. The SMILES string of the molecule is Cc1oc(C)c(S(=O)(=O)NCCOCC2CC2)c1CN. The largest absolute Gasteiger partial charge is 0.465 e. The molecule has 1 saturated carbocycles. The maximum absolute atomic E-state index is 12.3. The van der Waals surface area contributed by atoms with Crippen molar-refractivity contribution in [3.63, 3.8) is 0 Å². The molecule has 3 N–H and O–H groups in total. The molecule has 7 heteroatoms. The number of nitrogens with one attached hydrogen (secondary N) is 1. The number of hydrogen-bond acceptors (Lipinski definition) is 5. The van der Waals surface area contributed by atoms with Crippen LogP contribution in [0.1, 0.15) is 29.9 Å². The molecular weight excluding hydrogens is 280 g/mol. The Hall–Kier alpha value is -0.890. The second-order valence-corrected chi connectivity index (χ2v) is 6.85. The highest BCUT2D eigenvalue weighted by atomic mass is 32.2. The first-order valence-corrected chi connectivity index (χ1v) is 8.30. The monoisotopic (exact) mass is 302 g/mol. The van der Waals surface area contributed by atoms with Gasteiger partial charge in [-0.1, -0.05) is 0 Å². The van der Waals surface area contributed by atoms with E-state index in [1.807, 2.05) is 0 Å². The van der Waals surface area contributed by atoms with Crippen LogP contribution in [-0.2, 0) is 21.3 Å². The van der Waals surface area contributed by atoms with Gasteiger partial charge < -0.3 is 14.9 Å². The molecule has 0 atom stereocenters. The zero-order valence-electron chi connectivity index (χ0n) is 11.9. The molecule has 1 heterocycles. The molecule has 1 fully saturated rings. The van der Waals surface area contributed by atoms with E-state index < -0.39 is 10.0 Å². The summed E-state index contributed by atoms with van der Waals surface area (Å²) in [6.07, 6.45) is 2.44. The molecule has 1 aliphatic rings. The van der Waals surface area contributed by atoms with E-state index in [1.54, 1.807) is 13.8 Å². The van der Waals surface area contributed by atoms with E-state index >= 15 is 0 Å². The normalized spacial score (nSPS) is 15.8. The second kappa shape index (κ2) is 6.26. The summed E-state index contributed by atoms with van der Waals surface area (Å²) in [5.74, 6) is 1.60. The summed E-state index contributed by atoms with van der Waals surface area (Å²) in [6, 6.07) is 0. The second-order valence-electron chi connectivity index (χ2n) is 5.14. The lowest BCUT2D eigenvalue weighted by Gasteiger charge is -2.08. The van der Waals surface area contributed by atoms with Gasteiger partial charge in [-0.3, -0.25) is 0 Å². The first-order chi connectivity index (χ1) is 9.45. The summed E-state index contributed by atoms with van der Waals surface area (Å²) < 4.78 is 37.8. The molecule has 2 rings (SSSR count). The molecule has 0 unspecified atom stereocenters. The Morgan fingerprint density at radius 3 is 2.65 bits per heavy atom. The molecule has 1 aliphatic carbocycles. The molecule has 0 saturated heterocycles. The van der Waals surface area contributed by atoms with Crippen molar-refractivity contribution in [1.29, 1.82) is 0 Å². The van der Waals surface area contributed by atoms with Crippen LogP contribution in [0.5, 0.6) is 0 Å². The van der Waals surface area contributed by atoms with Gasteiger partial charge >= 0.3 is 0 Å². The molecule has 1 aromatic heterocycles. The van der Waals surface area contributed by atoms with Gasteiger partial charge in [0.15, 0.2) is 0 Å². The van der Waals surface area contributed by atoms with E-state index in [2.05, 4.69) is 4.72 Å². The fourth-order valence-corrected chi connectivity index (χ4v) is 3.62. The van der Waals surface area contributed by atoms with Crippen molar-refractivity contribution in [3.8, 4) is 0 Å². The Labute approximate surface area is 119 Å². The van der Waals surface area contributed by atoms with Gasteiger partial charge in [-0.2, -0.15) is 0 Å². The van der Waals surface area contributed by atoms with Crippen molar-refractivity contribution in [1.82, 2.24) is 4.72 Å². The van der Waals surface area contributed by atoms with E-state index in [4.69, 9.17) is 14.9 Å². The molecule has 0 aliphatic heterocycles. The Morgan fingerprint density at radius 2 is 2.05 bits per heavy atom. The van der Waals surface area contributed by atoms with Gasteiger partial charge in [0.05, 0.1) is 6.61 Å². The highest BCUT2D eigenvalue weighted by Crippen LogP contribution is 2.28. The summed E-state index contributed by atoms with van der Waals surface area (Å²) in [5, 5.41) is 0. The predicted molar refractivity (Wildman–Crippen MR) is 74.8 cm³/mol. The Bertz CT molecular complexity index is 561. The Morgan fingerprint density at radius 1 is 1.35 bits per heavy atom. The van der Waals surface area contributed by atoms with Gasteiger partial charge in [-0.15, -0.1) is 0 Å². The van der Waals surface area contributed by atoms with Gasteiger partial charge in [-0.05, 0) is 32.6 Å². The summed E-state index contributed by atoms with van der Waals surface area (Å²) in [6.45, 7) is 4.83. The Balaban J connectivity index is 1.94. The maximum atomic E-state index is 12.3. The third-order valence-electron chi connectivity index (χ3n) is 3.39. The van der Waals surface area contributed by atoms with E-state index in [9.17, 15) is 8.42 Å². The van der Waals surface area contributed by atoms with Crippen LogP contribution < -0.4 is 10.5 Å². The van der Waals surface area contributed by atoms with Crippen molar-refractivity contribution >= 4 is 10.0 Å². The van der Waals surface area contributed by atoms with Crippen LogP contribution in [0.3, 0.4) is 0 Å². The highest BCUT2D eigenvalue weighted by Gasteiger charge is 2.26. The average molecular weight is 302 g/mol. The minimum atomic E-state index is -3.60. The smallest absolute Gasteiger partial charge is 0.244 e. The van der Waals surface area contributed by atoms with Crippen molar-refractivity contribution in [2.75, 3.05) is 19.8 Å². The molecular formula is C13H22N2O4S. The molecule has 20 heavy (non-hydrogen) atoms. The number of rotatable bonds is 8. The van der Waals surface area contributed by atoms with Gasteiger partial charge in [0.25, 0.3) is 0 Å². The van der Waals surface area contributed by atoms with Crippen LogP contribution in [0.25, 0.3) is 0 Å². The van der Waals surface area contributed by atoms with Gasteiger partial charge in [0, 0.05) is 25.3 Å². The number of furan rings is 1. The number of ether oxygens (including phenoxy) is 1. The third-order valence-corrected chi connectivity index (χ3v) is 5.04. The van der Waals surface area contributed by atoms with Crippen LogP contribution in [0, 0.1) is 19.8 Å². The molecule has 0 spiro atoms. The summed E-state index contributed by atoms with van der Waals surface area (Å²) in [4.78, 5) is 0.166. The molecule has 6 nitrogen and oxygen atoms in total. The quantitative estimate of drug-likeness (QED) is 0.700. The van der Waals surface area contributed by atoms with Crippen molar-refractivity contribution in [3.05, 3.63) is 17.1 Å². The van der Waals surface area contributed by atoms with Crippen LogP contribution >= 0.6 is 0 Å². The van der Waals surface area contributed by atoms with Crippen LogP contribution in [0.15, 0.2) is 9.31 Å². The topological polar surface area (TPSA) is 94.6 Å². The minimum absolute atomic E-state index is 0.137. The zero-order chi connectivity index (χ0) is 14.8. The fraction of sp³-hybridized carbons (Fsp3) is 0.692. The highest BCUT2D eigenvalue weighted by molar-refractivity contribution is 7.89. The van der Waals surface area contributed by atoms with Crippen LogP contribution in [0.2, 0.25) is 0 Å². The first kappa shape index (κ1) is 15.5. The predicted octanol–water partition coefficient (Wildman–Crippen LogP) is 1.06. The fourth-order valence-electron chi connectivity index (χ4n) is 2.15. The van der Waals surface area contributed by atoms with Crippen molar-refractivity contribution in [2.45, 2.75) is 38.1 Å². The maximum Gasteiger partial charge on any atom is 0.244 e. The molecule has 0 amide bonds. The number of nitrogens with two attached hydrogens (primary N) is 1. The third kappa shape index (κ3) is 3.60. The average Bonchev–Trinajstić information content (AvgIpc) is 3.13. The first-order valence-electron chi connectivity index (χ1n) is 6.82.